The fourth-order valence-corrected chi connectivity index (χ4v) is 7.08. The minimum absolute atomic E-state index is 0.0617. The van der Waals surface area contributed by atoms with Crippen molar-refractivity contribution in [3.05, 3.63) is 131 Å². The summed E-state index contributed by atoms with van der Waals surface area (Å²) in [4.78, 5) is 34.6. The summed E-state index contributed by atoms with van der Waals surface area (Å²) >= 11 is 1.33. The fraction of sp³-hybridized carbons (Fsp3) is 0.333. The zero-order valence-electron chi connectivity index (χ0n) is 25.2. The third-order valence-corrected chi connectivity index (χ3v) is 13.9. The largest absolute Gasteiger partial charge is 0.393 e. The highest BCUT2D eigenvalue weighted by atomic mass is 32.2. The van der Waals surface area contributed by atoms with Crippen molar-refractivity contribution in [1.82, 2.24) is 4.90 Å². The van der Waals surface area contributed by atoms with Crippen molar-refractivity contribution < 1.29 is 28.7 Å². The van der Waals surface area contributed by atoms with Gasteiger partial charge in [-0.05, 0) is 65.5 Å². The number of nitrogens with zero attached hydrogens (tertiary/aromatic N) is 4. The van der Waals surface area contributed by atoms with E-state index in [0.717, 1.165) is 0 Å². The van der Waals surface area contributed by atoms with Gasteiger partial charge in [-0.2, -0.15) is 0 Å². The van der Waals surface area contributed by atoms with Gasteiger partial charge in [0.2, 0.25) is 5.06 Å². The molecule has 0 saturated carbocycles. The Bertz CT molecular complexity index is 1630. The Labute approximate surface area is 264 Å². The first-order valence-corrected chi connectivity index (χ1v) is 17.8. The van der Waals surface area contributed by atoms with Crippen LogP contribution in [0.5, 0.6) is 0 Å². The average Bonchev–Trinajstić information content (AvgIpc) is 3.59. The molecule has 0 N–H and O–H groups in total. The van der Waals surface area contributed by atoms with E-state index < -0.39 is 46.8 Å². The minimum Gasteiger partial charge on any atom is -0.393 e. The van der Waals surface area contributed by atoms with Gasteiger partial charge in [0.15, 0.2) is 14.6 Å². The van der Waals surface area contributed by atoms with Crippen LogP contribution in [0, 0.1) is 30.3 Å². The number of nitro groups is 3. The number of hydrogen-bond acceptors (Lipinski definition) is 11. The zero-order valence-corrected chi connectivity index (χ0v) is 27.0. The Kier molecular flexibility index (Phi) is 8.58. The van der Waals surface area contributed by atoms with Crippen molar-refractivity contribution >= 4 is 37.1 Å². The molecule has 2 aliphatic rings. The highest BCUT2D eigenvalue weighted by molar-refractivity contribution is 8.03. The fourth-order valence-electron chi connectivity index (χ4n) is 4.80. The molecular formula is C30H32N4O9SSi. The monoisotopic (exact) mass is 652 g/mol. The molecule has 4 unspecified atom stereocenters. The van der Waals surface area contributed by atoms with Gasteiger partial charge in [0.1, 0.15) is 12.3 Å². The van der Waals surface area contributed by atoms with E-state index in [1.54, 1.807) is 36.4 Å². The van der Waals surface area contributed by atoms with Crippen LogP contribution in [-0.4, -0.2) is 33.0 Å². The van der Waals surface area contributed by atoms with Gasteiger partial charge in [0.05, 0.1) is 14.8 Å². The molecule has 15 heteroatoms. The van der Waals surface area contributed by atoms with Crippen molar-refractivity contribution in [3.8, 4) is 0 Å². The van der Waals surface area contributed by atoms with Gasteiger partial charge in [-0.3, -0.25) is 30.3 Å². The lowest BCUT2D eigenvalue weighted by molar-refractivity contribution is -0.385. The van der Waals surface area contributed by atoms with Crippen LogP contribution in [0.1, 0.15) is 56.1 Å². The molecule has 1 saturated heterocycles. The Morgan fingerprint density at radius 2 is 1.29 bits per heavy atom. The molecular weight excluding hydrogens is 621 g/mol. The number of nitro benzene ring substituents is 3. The predicted molar refractivity (Wildman–Crippen MR) is 169 cm³/mol. The van der Waals surface area contributed by atoms with Crippen molar-refractivity contribution in [2.45, 2.75) is 62.6 Å². The number of benzene rings is 3. The summed E-state index contributed by atoms with van der Waals surface area (Å²) in [6, 6.07) is 18.0. The Morgan fingerprint density at radius 1 is 0.822 bits per heavy atom. The Balaban J connectivity index is 1.62. The van der Waals surface area contributed by atoms with E-state index in [1.165, 1.54) is 48.2 Å². The Hall–Kier alpha value is -4.15. The van der Waals surface area contributed by atoms with E-state index in [-0.39, 0.29) is 22.1 Å². The smallest absolute Gasteiger partial charge is 0.269 e. The molecule has 13 nitrogen and oxygen atoms in total. The van der Waals surface area contributed by atoms with Crippen molar-refractivity contribution in [2.24, 2.45) is 0 Å². The summed E-state index contributed by atoms with van der Waals surface area (Å²) in [7, 11) is -2.49. The van der Waals surface area contributed by atoms with E-state index in [4.69, 9.17) is 13.9 Å². The highest BCUT2D eigenvalue weighted by Gasteiger charge is 2.59. The molecule has 45 heavy (non-hydrogen) atoms. The molecule has 0 amide bonds. The van der Waals surface area contributed by atoms with Gasteiger partial charge >= 0.3 is 0 Å². The molecule has 236 valence electrons. The standard InChI is InChI=1S/C30H32N4O9SSi/c1-29(2,3)45(4,5)43-27(21-8-14-24(15-9-21)33(37)38)31-18-19-44-30(31)26(20-6-12-23(13-7-20)32(35)36)41-28(42-30)22-10-16-25(17-11-22)34(39)40/h6-19,26-28H,1-5H3. The summed E-state index contributed by atoms with van der Waals surface area (Å²) in [6.07, 6.45) is -0.727. The molecule has 5 rings (SSSR count). The van der Waals surface area contributed by atoms with Gasteiger partial charge in [0.25, 0.3) is 17.1 Å². The second-order valence-corrected chi connectivity index (χ2v) is 18.0. The molecule has 0 aliphatic carbocycles. The first-order chi connectivity index (χ1) is 21.1. The number of non-ortho nitro benzene ring substituents is 3. The van der Waals surface area contributed by atoms with Crippen LogP contribution in [0.25, 0.3) is 0 Å². The molecule has 2 heterocycles. The van der Waals surface area contributed by atoms with Gasteiger partial charge in [-0.15, -0.1) is 0 Å². The topological polar surface area (TPSA) is 160 Å². The third kappa shape index (κ3) is 6.21. The molecule has 3 aromatic rings. The lowest BCUT2D eigenvalue weighted by Gasteiger charge is -2.46. The van der Waals surface area contributed by atoms with Gasteiger partial charge in [-0.25, -0.2) is 0 Å². The molecule has 2 aliphatic heterocycles. The number of rotatable bonds is 9. The van der Waals surface area contributed by atoms with E-state index >= 15 is 0 Å². The predicted octanol–water partition coefficient (Wildman–Crippen LogP) is 8.09. The second kappa shape index (κ2) is 12.0. The van der Waals surface area contributed by atoms with E-state index in [0.29, 0.717) is 16.7 Å². The molecule has 0 aromatic heterocycles. The van der Waals surface area contributed by atoms with Crippen LogP contribution in [-0.2, 0) is 13.9 Å². The van der Waals surface area contributed by atoms with Crippen LogP contribution >= 0.6 is 11.8 Å². The van der Waals surface area contributed by atoms with Crippen LogP contribution in [0.2, 0.25) is 18.1 Å². The minimum atomic E-state index is -2.49. The van der Waals surface area contributed by atoms with E-state index in [1.807, 2.05) is 16.5 Å². The second-order valence-electron chi connectivity index (χ2n) is 12.2. The summed E-state index contributed by atoms with van der Waals surface area (Å²) in [5.74, 6) is 0. The summed E-state index contributed by atoms with van der Waals surface area (Å²) < 4.78 is 20.3. The maximum atomic E-state index is 11.4. The third-order valence-electron chi connectivity index (χ3n) is 8.32. The highest BCUT2D eigenvalue weighted by Crippen LogP contribution is 2.60. The quantitative estimate of drug-likeness (QED) is 0.125. The molecule has 1 spiro atoms. The first-order valence-electron chi connectivity index (χ1n) is 14.0. The Morgan fingerprint density at radius 3 is 1.76 bits per heavy atom. The number of ether oxygens (including phenoxy) is 2. The van der Waals surface area contributed by atoms with Gasteiger partial charge < -0.3 is 18.8 Å². The molecule has 0 bridgehead atoms. The van der Waals surface area contributed by atoms with Gasteiger partial charge in [-0.1, -0.05) is 32.5 Å². The van der Waals surface area contributed by atoms with Crippen molar-refractivity contribution in [1.29, 1.82) is 0 Å². The van der Waals surface area contributed by atoms with E-state index in [9.17, 15) is 30.3 Å². The summed E-state index contributed by atoms with van der Waals surface area (Å²) in [5.41, 5.74) is 1.56. The van der Waals surface area contributed by atoms with Crippen LogP contribution in [0.4, 0.5) is 17.1 Å². The van der Waals surface area contributed by atoms with Crippen molar-refractivity contribution in [2.75, 3.05) is 0 Å². The lowest BCUT2D eigenvalue weighted by atomic mass is 10.1. The molecule has 0 radical (unpaired) electrons. The zero-order chi connectivity index (χ0) is 32.7. The average molecular weight is 653 g/mol. The number of hydrogen-bond donors (Lipinski definition) is 0. The van der Waals surface area contributed by atoms with Gasteiger partial charge in [0, 0.05) is 53.7 Å². The van der Waals surface area contributed by atoms with Crippen LogP contribution < -0.4 is 0 Å². The molecule has 4 atom stereocenters. The van der Waals surface area contributed by atoms with Crippen LogP contribution in [0.3, 0.4) is 0 Å². The maximum absolute atomic E-state index is 11.4. The SMILES string of the molecule is CC(C)(C)[Si](C)(C)OC(c1ccc([N+](=O)[O-])cc1)N1C=CSC12OC(c1ccc([N+](=O)[O-])cc1)OC2c1ccc([N+](=O)[O-])cc1. The van der Waals surface area contributed by atoms with E-state index in [2.05, 4.69) is 33.9 Å². The first kappa shape index (κ1) is 32.2. The summed E-state index contributed by atoms with van der Waals surface area (Å²) in [6.45, 7) is 10.5. The normalized spacial score (nSPS) is 22.1. The van der Waals surface area contributed by atoms with Crippen molar-refractivity contribution in [3.63, 3.8) is 0 Å². The number of thioether (sulfide) groups is 1. The maximum Gasteiger partial charge on any atom is 0.269 e. The van der Waals surface area contributed by atoms with Crippen LogP contribution in [0.15, 0.2) is 84.4 Å². The summed E-state index contributed by atoms with van der Waals surface area (Å²) in [5, 5.41) is 34.5. The molecule has 3 aromatic carbocycles. The molecule has 1 fully saturated rings. The lowest BCUT2D eigenvalue weighted by Crippen LogP contribution is -2.51.